The number of benzene rings is 1. The standard InChI is InChI=1S/C14H18BNO2/c1-14(2,3)13(17)9-6-5-7-11-10(9)8-12(16-11)15(4)18/h5-8,16,18H,1-4H3. The quantitative estimate of drug-likeness (QED) is 0.627. The lowest BCUT2D eigenvalue weighted by molar-refractivity contribution is 0.0860. The minimum atomic E-state index is -0.560. The molecule has 18 heavy (non-hydrogen) atoms. The van der Waals surface area contributed by atoms with E-state index in [0.29, 0.717) is 5.56 Å². The predicted molar refractivity (Wildman–Crippen MR) is 75.6 cm³/mol. The first kappa shape index (κ1) is 12.9. The van der Waals surface area contributed by atoms with Crippen molar-refractivity contribution in [1.82, 2.24) is 4.98 Å². The van der Waals surface area contributed by atoms with E-state index in [0.717, 1.165) is 16.5 Å². The normalized spacial score (nSPS) is 11.8. The van der Waals surface area contributed by atoms with Gasteiger partial charge in [-0.15, -0.1) is 0 Å². The van der Waals surface area contributed by atoms with Crippen molar-refractivity contribution in [2.24, 2.45) is 5.41 Å². The molecule has 0 fully saturated rings. The molecule has 0 aliphatic rings. The molecular weight excluding hydrogens is 225 g/mol. The number of Topliss-reactive ketones (excluding diaryl/α,β-unsaturated/α-hetero) is 1. The molecule has 1 aromatic carbocycles. The van der Waals surface area contributed by atoms with Crippen LogP contribution in [0.3, 0.4) is 0 Å². The number of carbonyl (C=O) groups is 1. The van der Waals surface area contributed by atoms with E-state index in [1.165, 1.54) is 0 Å². The summed E-state index contributed by atoms with van der Waals surface area (Å²) in [5.41, 5.74) is 1.93. The maximum atomic E-state index is 12.4. The van der Waals surface area contributed by atoms with Gasteiger partial charge in [0.1, 0.15) is 0 Å². The van der Waals surface area contributed by atoms with Gasteiger partial charge in [0, 0.05) is 27.5 Å². The predicted octanol–water partition coefficient (Wildman–Crippen LogP) is 2.22. The molecule has 0 saturated carbocycles. The molecule has 3 nitrogen and oxygen atoms in total. The molecule has 0 atom stereocenters. The lowest BCUT2D eigenvalue weighted by atomic mass is 9.68. The number of carbonyl (C=O) groups excluding carboxylic acids is 1. The monoisotopic (exact) mass is 243 g/mol. The van der Waals surface area contributed by atoms with Crippen molar-refractivity contribution >= 4 is 29.2 Å². The molecule has 2 aromatic rings. The van der Waals surface area contributed by atoms with Gasteiger partial charge < -0.3 is 10.0 Å². The van der Waals surface area contributed by atoms with Crippen molar-refractivity contribution in [3.8, 4) is 0 Å². The number of H-pyrrole nitrogens is 1. The van der Waals surface area contributed by atoms with Crippen LogP contribution in [-0.2, 0) is 0 Å². The van der Waals surface area contributed by atoms with Gasteiger partial charge in [-0.05, 0) is 12.1 Å². The second kappa shape index (κ2) is 4.28. The van der Waals surface area contributed by atoms with Crippen molar-refractivity contribution in [2.45, 2.75) is 27.6 Å². The molecule has 0 aliphatic heterocycles. The highest BCUT2D eigenvalue weighted by atomic mass is 16.2. The summed E-state index contributed by atoms with van der Waals surface area (Å²) in [7, 11) is 0. The Morgan fingerprint density at radius 3 is 2.56 bits per heavy atom. The van der Waals surface area contributed by atoms with Crippen molar-refractivity contribution in [3.63, 3.8) is 0 Å². The molecule has 0 bridgehead atoms. The van der Waals surface area contributed by atoms with Gasteiger partial charge >= 0.3 is 6.92 Å². The third kappa shape index (κ3) is 2.20. The first-order valence-corrected chi connectivity index (χ1v) is 6.15. The number of hydrogen-bond acceptors (Lipinski definition) is 2. The molecule has 0 aliphatic carbocycles. The Morgan fingerprint density at radius 2 is 2.00 bits per heavy atom. The summed E-state index contributed by atoms with van der Waals surface area (Å²) in [4.78, 5) is 15.5. The number of nitrogens with one attached hydrogen (secondary N) is 1. The highest BCUT2D eigenvalue weighted by Gasteiger charge is 2.25. The van der Waals surface area contributed by atoms with Crippen LogP contribution >= 0.6 is 0 Å². The molecule has 4 heteroatoms. The number of aromatic nitrogens is 1. The van der Waals surface area contributed by atoms with Crippen LogP contribution in [0, 0.1) is 5.41 Å². The molecule has 0 radical (unpaired) electrons. The van der Waals surface area contributed by atoms with Gasteiger partial charge in [-0.2, -0.15) is 0 Å². The molecule has 0 spiro atoms. The molecule has 1 aromatic heterocycles. The average Bonchev–Trinajstić information content (AvgIpc) is 2.70. The highest BCUT2D eigenvalue weighted by molar-refractivity contribution is 6.64. The lowest BCUT2D eigenvalue weighted by Gasteiger charge is -2.17. The molecular formula is C14H18BNO2. The maximum absolute atomic E-state index is 12.4. The van der Waals surface area contributed by atoms with Gasteiger partial charge in [-0.1, -0.05) is 39.7 Å². The summed E-state index contributed by atoms with van der Waals surface area (Å²) in [5.74, 6) is 0.115. The second-order valence-electron chi connectivity index (χ2n) is 5.75. The van der Waals surface area contributed by atoms with Crippen molar-refractivity contribution in [3.05, 3.63) is 29.8 Å². The van der Waals surface area contributed by atoms with Crippen molar-refractivity contribution in [2.75, 3.05) is 0 Å². The Kier molecular flexibility index (Phi) is 3.07. The smallest absolute Gasteiger partial charge is 0.337 e. The minimum absolute atomic E-state index is 0.115. The van der Waals surface area contributed by atoms with E-state index in [-0.39, 0.29) is 5.78 Å². The van der Waals surface area contributed by atoms with E-state index in [1.807, 2.05) is 45.0 Å². The number of fused-ring (bicyclic) bond motifs is 1. The summed E-state index contributed by atoms with van der Waals surface area (Å²) in [6.45, 7) is 6.88. The van der Waals surface area contributed by atoms with Gasteiger partial charge in [-0.3, -0.25) is 4.79 Å². The molecule has 2 N–H and O–H groups in total. The Labute approximate surface area is 107 Å². The Hall–Kier alpha value is -1.55. The Morgan fingerprint density at radius 1 is 1.33 bits per heavy atom. The van der Waals surface area contributed by atoms with E-state index in [4.69, 9.17) is 0 Å². The number of ketones is 1. The first-order chi connectivity index (χ1) is 8.30. The third-order valence-corrected chi connectivity index (χ3v) is 3.06. The van der Waals surface area contributed by atoms with Crippen molar-refractivity contribution < 1.29 is 9.82 Å². The first-order valence-electron chi connectivity index (χ1n) is 6.15. The highest BCUT2D eigenvalue weighted by Crippen LogP contribution is 2.25. The van der Waals surface area contributed by atoms with Crippen LogP contribution in [0.2, 0.25) is 6.82 Å². The number of rotatable bonds is 2. The van der Waals surface area contributed by atoms with Crippen molar-refractivity contribution in [1.29, 1.82) is 0 Å². The van der Waals surface area contributed by atoms with E-state index in [2.05, 4.69) is 4.98 Å². The Balaban J connectivity index is 2.62. The zero-order valence-electron chi connectivity index (χ0n) is 11.2. The van der Waals surface area contributed by atoms with E-state index < -0.39 is 12.3 Å². The van der Waals surface area contributed by atoms with Crippen LogP contribution < -0.4 is 5.59 Å². The summed E-state index contributed by atoms with van der Waals surface area (Å²) >= 11 is 0. The molecule has 0 unspecified atom stereocenters. The fourth-order valence-electron chi connectivity index (χ4n) is 2.00. The summed E-state index contributed by atoms with van der Waals surface area (Å²) < 4.78 is 0. The topological polar surface area (TPSA) is 53.1 Å². The average molecular weight is 243 g/mol. The SMILES string of the molecule is CB(O)c1cc2c(C(=O)C(C)(C)C)cccc2[nH]1. The number of hydrogen-bond donors (Lipinski definition) is 2. The van der Waals surface area contributed by atoms with Crippen LogP contribution in [0.1, 0.15) is 31.1 Å². The summed E-state index contributed by atoms with van der Waals surface area (Å²) in [5, 5.41) is 10.5. The zero-order chi connectivity index (χ0) is 13.5. The molecule has 0 saturated heterocycles. The molecule has 0 amide bonds. The Bertz CT molecular complexity index is 593. The number of aromatic amines is 1. The largest absolute Gasteiger partial charge is 0.446 e. The van der Waals surface area contributed by atoms with E-state index in [1.54, 1.807) is 6.82 Å². The van der Waals surface area contributed by atoms with E-state index in [9.17, 15) is 9.82 Å². The van der Waals surface area contributed by atoms with Crippen LogP contribution in [0.25, 0.3) is 10.9 Å². The van der Waals surface area contributed by atoms with Gasteiger partial charge in [0.2, 0.25) is 0 Å². The lowest BCUT2D eigenvalue weighted by Crippen LogP contribution is -2.26. The van der Waals surface area contributed by atoms with Gasteiger partial charge in [0.25, 0.3) is 0 Å². The fourth-order valence-corrected chi connectivity index (χ4v) is 2.00. The molecule has 1 heterocycles. The van der Waals surface area contributed by atoms with Gasteiger partial charge in [0.05, 0.1) is 0 Å². The molecule has 94 valence electrons. The summed E-state index contributed by atoms with van der Waals surface area (Å²) in [6, 6.07) is 7.48. The second-order valence-corrected chi connectivity index (χ2v) is 5.75. The molecule has 2 rings (SSSR count). The van der Waals surface area contributed by atoms with Crippen LogP contribution in [0.5, 0.6) is 0 Å². The van der Waals surface area contributed by atoms with Gasteiger partial charge in [0.15, 0.2) is 5.78 Å². The van der Waals surface area contributed by atoms with Crippen LogP contribution in [0.15, 0.2) is 24.3 Å². The fraction of sp³-hybridized carbons (Fsp3) is 0.357. The van der Waals surface area contributed by atoms with Crippen LogP contribution in [0.4, 0.5) is 0 Å². The zero-order valence-corrected chi connectivity index (χ0v) is 11.2. The van der Waals surface area contributed by atoms with E-state index >= 15 is 0 Å². The maximum Gasteiger partial charge on any atom is 0.337 e. The third-order valence-electron chi connectivity index (χ3n) is 3.06. The van der Waals surface area contributed by atoms with Crippen LogP contribution in [-0.4, -0.2) is 22.7 Å². The summed E-state index contributed by atoms with van der Waals surface area (Å²) in [6.07, 6.45) is 0. The minimum Gasteiger partial charge on any atom is -0.446 e. The van der Waals surface area contributed by atoms with Gasteiger partial charge in [-0.25, -0.2) is 0 Å².